The van der Waals surface area contributed by atoms with Crippen LogP contribution in [-0.4, -0.2) is 23.0 Å². The van der Waals surface area contributed by atoms with Crippen LogP contribution in [0.2, 0.25) is 0 Å². The zero-order valence-electron chi connectivity index (χ0n) is 13.9. The highest BCUT2D eigenvalue weighted by atomic mass is 32.1. The minimum Gasteiger partial charge on any atom is -0.447 e. The third kappa shape index (κ3) is 4.06. The number of rotatable bonds is 6. The molecular weight excluding hydrogens is 342 g/mol. The molecule has 1 saturated carbocycles. The number of ether oxygens (including phenoxy) is 1. The minimum atomic E-state index is -1.03. The van der Waals surface area contributed by atoms with Crippen molar-refractivity contribution in [2.24, 2.45) is 5.92 Å². The lowest BCUT2D eigenvalue weighted by molar-refractivity contribution is -0.123. The molecule has 2 heterocycles. The van der Waals surface area contributed by atoms with Crippen LogP contribution in [0.1, 0.15) is 47.5 Å². The number of nitriles is 1. The van der Waals surface area contributed by atoms with Gasteiger partial charge in [-0.1, -0.05) is 0 Å². The van der Waals surface area contributed by atoms with Crippen LogP contribution in [0, 0.1) is 24.2 Å². The van der Waals surface area contributed by atoms with Crippen LogP contribution in [0.5, 0.6) is 0 Å². The van der Waals surface area contributed by atoms with Gasteiger partial charge in [-0.05, 0) is 44.1 Å². The Labute approximate surface area is 148 Å². The molecule has 1 aliphatic carbocycles. The van der Waals surface area contributed by atoms with E-state index in [0.717, 1.165) is 19.3 Å². The largest absolute Gasteiger partial charge is 0.447 e. The molecule has 25 heavy (non-hydrogen) atoms. The number of thiophene rings is 1. The van der Waals surface area contributed by atoms with Crippen molar-refractivity contribution in [1.29, 1.82) is 5.26 Å². The van der Waals surface area contributed by atoms with Gasteiger partial charge < -0.3 is 14.5 Å². The van der Waals surface area contributed by atoms with Crippen molar-refractivity contribution >= 4 is 28.2 Å². The van der Waals surface area contributed by atoms with Gasteiger partial charge in [0.05, 0.1) is 11.3 Å². The van der Waals surface area contributed by atoms with Crippen LogP contribution >= 0.6 is 11.3 Å². The molecule has 3 rings (SSSR count). The van der Waals surface area contributed by atoms with Crippen LogP contribution in [0.25, 0.3) is 0 Å². The summed E-state index contributed by atoms with van der Waals surface area (Å²) in [6.45, 7) is 3.13. The fourth-order valence-corrected chi connectivity index (χ4v) is 3.01. The molecular formula is C17H17N3O4S. The van der Waals surface area contributed by atoms with Gasteiger partial charge in [-0.25, -0.2) is 9.78 Å². The van der Waals surface area contributed by atoms with Gasteiger partial charge in [0.1, 0.15) is 11.1 Å². The van der Waals surface area contributed by atoms with Gasteiger partial charge in [-0.3, -0.25) is 4.79 Å². The third-order valence-corrected chi connectivity index (χ3v) is 4.69. The van der Waals surface area contributed by atoms with Gasteiger partial charge >= 0.3 is 5.97 Å². The van der Waals surface area contributed by atoms with E-state index in [2.05, 4.69) is 10.3 Å². The summed E-state index contributed by atoms with van der Waals surface area (Å²) in [5.41, 5.74) is 0.825. The lowest BCUT2D eigenvalue weighted by atomic mass is 10.3. The number of amides is 1. The summed E-state index contributed by atoms with van der Waals surface area (Å²) in [7, 11) is 0. The summed E-state index contributed by atoms with van der Waals surface area (Å²) in [5.74, 6) is -0.0822. The smallest absolute Gasteiger partial charge is 0.377 e. The van der Waals surface area contributed by atoms with E-state index in [1.807, 2.05) is 6.07 Å². The van der Waals surface area contributed by atoms with E-state index in [1.165, 1.54) is 18.3 Å². The molecule has 1 N–H and O–H groups in total. The first-order chi connectivity index (χ1) is 12.0. The zero-order chi connectivity index (χ0) is 18.0. The maximum absolute atomic E-state index is 12.2. The number of hydrogen-bond acceptors (Lipinski definition) is 7. The SMILES string of the molecule is Cc1nc(CC2CC2)oc1C(=O)OC(C)C(=O)Nc1sccc1C#N. The van der Waals surface area contributed by atoms with Gasteiger partial charge in [0.25, 0.3) is 5.91 Å². The second-order valence-corrected chi connectivity index (χ2v) is 6.90. The van der Waals surface area contributed by atoms with E-state index < -0.39 is 18.0 Å². The number of carbonyl (C=O) groups is 2. The molecule has 0 bridgehead atoms. The molecule has 1 amide bonds. The first-order valence-electron chi connectivity index (χ1n) is 7.93. The van der Waals surface area contributed by atoms with E-state index in [4.69, 9.17) is 14.4 Å². The number of aromatic nitrogens is 1. The number of esters is 1. The highest BCUT2D eigenvalue weighted by Crippen LogP contribution is 2.32. The summed E-state index contributed by atoms with van der Waals surface area (Å²) < 4.78 is 10.7. The van der Waals surface area contributed by atoms with Crippen molar-refractivity contribution in [1.82, 2.24) is 4.98 Å². The fourth-order valence-electron chi connectivity index (χ4n) is 2.27. The van der Waals surface area contributed by atoms with Crippen molar-refractivity contribution in [3.05, 3.63) is 34.4 Å². The van der Waals surface area contributed by atoms with E-state index in [0.29, 0.717) is 28.1 Å². The summed E-state index contributed by atoms with van der Waals surface area (Å²) in [6.07, 6.45) is 2.01. The Bertz CT molecular complexity index is 844. The van der Waals surface area contributed by atoms with E-state index >= 15 is 0 Å². The Morgan fingerprint density at radius 2 is 2.32 bits per heavy atom. The van der Waals surface area contributed by atoms with Crippen LogP contribution in [0.15, 0.2) is 15.9 Å². The van der Waals surface area contributed by atoms with Gasteiger partial charge in [-0.15, -0.1) is 11.3 Å². The number of nitrogens with one attached hydrogen (secondary N) is 1. The van der Waals surface area contributed by atoms with E-state index in [9.17, 15) is 9.59 Å². The Balaban J connectivity index is 1.61. The molecule has 1 aliphatic rings. The number of nitrogens with zero attached hydrogens (tertiary/aromatic N) is 2. The highest BCUT2D eigenvalue weighted by Gasteiger charge is 2.28. The molecule has 1 unspecified atom stereocenters. The van der Waals surface area contributed by atoms with Crippen molar-refractivity contribution in [3.63, 3.8) is 0 Å². The Hall–Kier alpha value is -2.66. The van der Waals surface area contributed by atoms with E-state index in [1.54, 1.807) is 18.4 Å². The predicted octanol–water partition coefficient (Wildman–Crippen LogP) is 3.05. The number of anilines is 1. The zero-order valence-corrected chi connectivity index (χ0v) is 14.7. The predicted molar refractivity (Wildman–Crippen MR) is 90.2 cm³/mol. The average Bonchev–Trinajstić information content (AvgIpc) is 3.14. The summed E-state index contributed by atoms with van der Waals surface area (Å²) in [4.78, 5) is 28.6. The lowest BCUT2D eigenvalue weighted by Gasteiger charge is -2.12. The second kappa shape index (κ2) is 7.07. The second-order valence-electron chi connectivity index (χ2n) is 5.98. The monoisotopic (exact) mass is 359 g/mol. The quantitative estimate of drug-likeness (QED) is 0.795. The van der Waals surface area contributed by atoms with Gasteiger partial charge in [-0.2, -0.15) is 5.26 Å². The Morgan fingerprint density at radius 1 is 1.56 bits per heavy atom. The molecule has 2 aromatic heterocycles. The molecule has 130 valence electrons. The standard InChI is InChI=1S/C17H17N3O4S/c1-9-14(24-13(19-9)7-11-3-4-11)17(22)23-10(2)15(21)20-16-12(8-18)5-6-25-16/h5-6,10-11H,3-4,7H2,1-2H3,(H,20,21). The molecule has 0 radical (unpaired) electrons. The molecule has 1 fully saturated rings. The normalized spacial score (nSPS) is 14.6. The van der Waals surface area contributed by atoms with Crippen LogP contribution < -0.4 is 5.32 Å². The first-order valence-corrected chi connectivity index (χ1v) is 8.81. The third-order valence-electron chi connectivity index (χ3n) is 3.86. The summed E-state index contributed by atoms with van der Waals surface area (Å²) >= 11 is 1.23. The lowest BCUT2D eigenvalue weighted by Crippen LogP contribution is -2.30. The Kier molecular flexibility index (Phi) is 4.86. The van der Waals surface area contributed by atoms with Crippen molar-refractivity contribution < 1.29 is 18.7 Å². The highest BCUT2D eigenvalue weighted by molar-refractivity contribution is 7.14. The molecule has 2 aromatic rings. The number of oxazole rings is 1. The topological polar surface area (TPSA) is 105 Å². The van der Waals surface area contributed by atoms with Crippen molar-refractivity contribution in [3.8, 4) is 6.07 Å². The first kappa shape index (κ1) is 17.2. The Morgan fingerprint density at radius 3 is 3.00 bits per heavy atom. The number of carbonyl (C=O) groups excluding carboxylic acids is 2. The van der Waals surface area contributed by atoms with Gasteiger partial charge in [0.2, 0.25) is 5.76 Å². The minimum absolute atomic E-state index is 0.0316. The maximum Gasteiger partial charge on any atom is 0.377 e. The molecule has 7 nitrogen and oxygen atoms in total. The fraction of sp³-hybridized carbons (Fsp3) is 0.412. The van der Waals surface area contributed by atoms with Crippen LogP contribution in [0.3, 0.4) is 0 Å². The number of hydrogen-bond donors (Lipinski definition) is 1. The molecule has 8 heteroatoms. The molecule has 0 aromatic carbocycles. The maximum atomic E-state index is 12.2. The molecule has 0 saturated heterocycles. The summed E-state index contributed by atoms with van der Waals surface area (Å²) in [6, 6.07) is 3.59. The van der Waals surface area contributed by atoms with Crippen molar-refractivity contribution in [2.75, 3.05) is 5.32 Å². The molecule has 1 atom stereocenters. The van der Waals surface area contributed by atoms with Gasteiger partial charge in [0.15, 0.2) is 12.0 Å². The van der Waals surface area contributed by atoms with Gasteiger partial charge in [0, 0.05) is 6.42 Å². The number of aryl methyl sites for hydroxylation is 1. The molecule has 0 spiro atoms. The summed E-state index contributed by atoms with van der Waals surface area (Å²) in [5, 5.41) is 13.7. The average molecular weight is 359 g/mol. The van der Waals surface area contributed by atoms with Crippen LogP contribution in [0.4, 0.5) is 5.00 Å². The molecule has 0 aliphatic heterocycles. The van der Waals surface area contributed by atoms with Crippen LogP contribution in [-0.2, 0) is 16.0 Å². The van der Waals surface area contributed by atoms with Crippen molar-refractivity contribution in [2.45, 2.75) is 39.2 Å². The van der Waals surface area contributed by atoms with E-state index in [-0.39, 0.29) is 5.76 Å².